The highest BCUT2D eigenvalue weighted by Crippen LogP contribution is 2.35. The molecule has 1 aliphatic heterocycles. The topological polar surface area (TPSA) is 69.6 Å². The summed E-state index contributed by atoms with van der Waals surface area (Å²) in [5, 5.41) is 22.0. The van der Waals surface area contributed by atoms with E-state index in [1.807, 2.05) is 0 Å². The predicted molar refractivity (Wildman–Crippen MR) is 77.7 cm³/mol. The van der Waals surface area contributed by atoms with Gasteiger partial charge in [-0.3, -0.25) is 4.79 Å². The smallest absolute Gasteiger partial charge is 0.256 e. The van der Waals surface area contributed by atoms with Crippen LogP contribution in [0, 0.1) is 0 Å². The van der Waals surface area contributed by atoms with Crippen LogP contribution in [0.3, 0.4) is 0 Å². The largest absolute Gasteiger partial charge is 0.504 e. The van der Waals surface area contributed by atoms with E-state index in [1.165, 1.54) is 12.1 Å². The van der Waals surface area contributed by atoms with Crippen LogP contribution in [0.15, 0.2) is 36.4 Å². The van der Waals surface area contributed by atoms with Crippen molar-refractivity contribution in [1.29, 1.82) is 0 Å². The molecule has 0 radical (unpaired) electrons. The minimum absolute atomic E-state index is 0.199. The molecule has 4 nitrogen and oxygen atoms in total. The molecule has 0 aromatic heterocycles. The summed E-state index contributed by atoms with van der Waals surface area (Å²) < 4.78 is 0. The number of phenolic OH excluding ortho intramolecular Hbond substituents is 2. The molecule has 0 aliphatic carbocycles. The summed E-state index contributed by atoms with van der Waals surface area (Å²) in [6.07, 6.45) is 1.65. The second kappa shape index (κ2) is 4.58. The van der Waals surface area contributed by atoms with Crippen LogP contribution >= 0.6 is 11.6 Å². The maximum absolute atomic E-state index is 12.0. The zero-order valence-corrected chi connectivity index (χ0v) is 11.0. The Morgan fingerprint density at radius 3 is 2.60 bits per heavy atom. The summed E-state index contributed by atoms with van der Waals surface area (Å²) in [6, 6.07) is 9.54. The zero-order chi connectivity index (χ0) is 14.3. The first-order valence-electron chi connectivity index (χ1n) is 5.89. The maximum atomic E-state index is 12.0. The van der Waals surface area contributed by atoms with Gasteiger partial charge in [0.15, 0.2) is 11.5 Å². The molecule has 0 unspecified atom stereocenters. The first-order chi connectivity index (χ1) is 9.54. The van der Waals surface area contributed by atoms with Crippen molar-refractivity contribution in [1.82, 2.24) is 0 Å². The van der Waals surface area contributed by atoms with Crippen molar-refractivity contribution in [2.75, 3.05) is 5.32 Å². The number of carbonyl (C=O) groups is 1. The fourth-order valence-corrected chi connectivity index (χ4v) is 2.28. The van der Waals surface area contributed by atoms with Crippen molar-refractivity contribution < 1.29 is 15.0 Å². The molecular weight excluding hydrogens is 278 g/mol. The molecule has 2 aromatic rings. The lowest BCUT2D eigenvalue weighted by Gasteiger charge is -2.01. The molecule has 0 spiro atoms. The Morgan fingerprint density at radius 1 is 1.05 bits per heavy atom. The van der Waals surface area contributed by atoms with Crippen LogP contribution in [0.4, 0.5) is 5.69 Å². The number of fused-ring (bicyclic) bond motifs is 1. The van der Waals surface area contributed by atoms with Crippen LogP contribution in [-0.4, -0.2) is 16.1 Å². The number of benzene rings is 2. The van der Waals surface area contributed by atoms with Gasteiger partial charge in [0.1, 0.15) is 0 Å². The summed E-state index contributed by atoms with van der Waals surface area (Å²) in [5.41, 5.74) is 2.53. The van der Waals surface area contributed by atoms with Gasteiger partial charge < -0.3 is 15.5 Å². The van der Waals surface area contributed by atoms with Crippen molar-refractivity contribution in [3.8, 4) is 11.5 Å². The minimum Gasteiger partial charge on any atom is -0.504 e. The van der Waals surface area contributed by atoms with Crippen molar-refractivity contribution in [3.05, 3.63) is 52.5 Å². The molecule has 0 fully saturated rings. The first kappa shape index (κ1) is 12.6. The summed E-state index contributed by atoms with van der Waals surface area (Å²) in [5.74, 6) is -0.654. The van der Waals surface area contributed by atoms with E-state index in [9.17, 15) is 15.0 Å². The van der Waals surface area contributed by atoms with E-state index in [-0.39, 0.29) is 17.4 Å². The van der Waals surface area contributed by atoms with Crippen LogP contribution in [0.1, 0.15) is 11.1 Å². The Hall–Kier alpha value is -2.46. The Bertz CT molecular complexity index is 753. The van der Waals surface area contributed by atoms with E-state index < -0.39 is 0 Å². The molecule has 3 rings (SSSR count). The first-order valence-corrected chi connectivity index (χ1v) is 6.27. The number of phenols is 2. The lowest BCUT2D eigenvalue weighted by Crippen LogP contribution is -2.03. The highest BCUT2D eigenvalue weighted by Gasteiger charge is 2.24. The molecule has 100 valence electrons. The van der Waals surface area contributed by atoms with Gasteiger partial charge in [-0.1, -0.05) is 23.7 Å². The van der Waals surface area contributed by atoms with Crippen LogP contribution in [0.2, 0.25) is 5.02 Å². The minimum atomic E-state index is -0.228. The molecule has 1 heterocycles. The van der Waals surface area contributed by atoms with Gasteiger partial charge in [0.2, 0.25) is 0 Å². The van der Waals surface area contributed by atoms with E-state index in [2.05, 4.69) is 5.32 Å². The normalized spacial score (nSPS) is 15.2. The standard InChI is InChI=1S/C15H10ClNO3/c16-9-2-3-10-11(15(20)17-12(10)7-9)5-8-1-4-13(18)14(19)6-8/h1-7,18-19H,(H,17,20)/b11-5+. The van der Waals surface area contributed by atoms with Gasteiger partial charge in [0.05, 0.1) is 5.69 Å². The van der Waals surface area contributed by atoms with Crippen molar-refractivity contribution in [3.63, 3.8) is 0 Å². The SMILES string of the molecule is O=C1Nc2cc(Cl)ccc2/C1=C\c1ccc(O)c(O)c1. The fourth-order valence-electron chi connectivity index (χ4n) is 2.11. The fraction of sp³-hybridized carbons (Fsp3) is 0. The van der Waals surface area contributed by atoms with Crippen LogP contribution in [0.5, 0.6) is 11.5 Å². The molecule has 1 aliphatic rings. The van der Waals surface area contributed by atoms with E-state index >= 15 is 0 Å². The number of carbonyl (C=O) groups excluding carboxylic acids is 1. The average Bonchev–Trinajstić information content (AvgIpc) is 2.69. The number of nitrogens with one attached hydrogen (secondary N) is 1. The van der Waals surface area contributed by atoms with Crippen molar-refractivity contribution in [2.45, 2.75) is 0 Å². The number of amides is 1. The van der Waals surface area contributed by atoms with E-state index in [1.54, 1.807) is 30.3 Å². The molecule has 20 heavy (non-hydrogen) atoms. The van der Waals surface area contributed by atoms with Gasteiger partial charge in [-0.2, -0.15) is 0 Å². The molecule has 0 saturated heterocycles. The molecule has 1 amide bonds. The van der Waals surface area contributed by atoms with Crippen LogP contribution in [-0.2, 0) is 4.79 Å². The van der Waals surface area contributed by atoms with Crippen LogP contribution in [0.25, 0.3) is 11.6 Å². The average molecular weight is 288 g/mol. The second-order valence-corrected chi connectivity index (χ2v) is 4.89. The molecular formula is C15H10ClNO3. The number of halogens is 1. The van der Waals surface area contributed by atoms with E-state index in [4.69, 9.17) is 11.6 Å². The number of aromatic hydroxyl groups is 2. The lowest BCUT2D eigenvalue weighted by atomic mass is 10.0. The van der Waals surface area contributed by atoms with Gasteiger partial charge in [0, 0.05) is 16.2 Å². The second-order valence-electron chi connectivity index (χ2n) is 4.45. The summed E-state index contributed by atoms with van der Waals surface area (Å²) in [4.78, 5) is 12.0. The summed E-state index contributed by atoms with van der Waals surface area (Å²) >= 11 is 5.89. The maximum Gasteiger partial charge on any atom is 0.256 e. The Kier molecular flexibility index (Phi) is 2.88. The number of rotatable bonds is 1. The van der Waals surface area contributed by atoms with Crippen LogP contribution < -0.4 is 5.32 Å². The highest BCUT2D eigenvalue weighted by molar-refractivity contribution is 6.36. The summed E-state index contributed by atoms with van der Waals surface area (Å²) in [7, 11) is 0. The molecule has 0 atom stereocenters. The predicted octanol–water partition coefficient (Wildman–Crippen LogP) is 3.24. The quantitative estimate of drug-likeness (QED) is 0.557. The van der Waals surface area contributed by atoms with Crippen molar-refractivity contribution >= 4 is 34.8 Å². The lowest BCUT2D eigenvalue weighted by molar-refractivity contribution is -0.110. The zero-order valence-electron chi connectivity index (χ0n) is 10.2. The Morgan fingerprint density at radius 2 is 1.85 bits per heavy atom. The van der Waals surface area contributed by atoms with E-state index in [0.717, 1.165) is 5.56 Å². The van der Waals surface area contributed by atoms with Gasteiger partial charge in [-0.25, -0.2) is 0 Å². The molecule has 2 aromatic carbocycles. The Balaban J connectivity index is 2.08. The summed E-state index contributed by atoms with van der Waals surface area (Å²) in [6.45, 7) is 0. The van der Waals surface area contributed by atoms with Gasteiger partial charge in [-0.05, 0) is 35.9 Å². The van der Waals surface area contributed by atoms with Gasteiger partial charge in [0.25, 0.3) is 5.91 Å². The third kappa shape index (κ3) is 2.10. The molecule has 0 saturated carbocycles. The molecule has 0 bridgehead atoms. The molecule has 5 heteroatoms. The molecule has 3 N–H and O–H groups in total. The van der Waals surface area contributed by atoms with Gasteiger partial charge >= 0.3 is 0 Å². The number of hydrogen-bond donors (Lipinski definition) is 3. The third-order valence-electron chi connectivity index (χ3n) is 3.08. The Labute approximate surface area is 119 Å². The van der Waals surface area contributed by atoms with Gasteiger partial charge in [-0.15, -0.1) is 0 Å². The number of anilines is 1. The van der Waals surface area contributed by atoms with Crippen molar-refractivity contribution in [2.24, 2.45) is 0 Å². The monoisotopic (exact) mass is 287 g/mol. The highest BCUT2D eigenvalue weighted by atomic mass is 35.5. The van der Waals surface area contributed by atoms with E-state index in [0.29, 0.717) is 21.8 Å². The third-order valence-corrected chi connectivity index (χ3v) is 3.31. The number of hydrogen-bond acceptors (Lipinski definition) is 3.